The van der Waals surface area contributed by atoms with Crippen LogP contribution in [0.2, 0.25) is 0 Å². The topological polar surface area (TPSA) is 166 Å². The van der Waals surface area contributed by atoms with Crippen molar-refractivity contribution in [1.29, 1.82) is 0 Å². The van der Waals surface area contributed by atoms with Crippen molar-refractivity contribution < 1.29 is 23.9 Å². The molecule has 1 aromatic rings. The number of nitrogens with one attached hydrogen (secondary N) is 3. The number of carbonyl (C=O) groups excluding carboxylic acids is 4. The van der Waals surface area contributed by atoms with Crippen LogP contribution in [0.25, 0.3) is 0 Å². The molecule has 0 aliphatic heterocycles. The van der Waals surface area contributed by atoms with Crippen LogP contribution < -0.4 is 27.4 Å². The summed E-state index contributed by atoms with van der Waals surface area (Å²) in [4.78, 5) is 49.3. The third-order valence-corrected chi connectivity index (χ3v) is 5.22. The number of alkyl carbamates (subject to hydrolysis) is 1. The number of nitrogens with two attached hydrogens (primary N) is 2. The van der Waals surface area contributed by atoms with Gasteiger partial charge in [0.25, 0.3) is 0 Å². The summed E-state index contributed by atoms with van der Waals surface area (Å²) in [6, 6.07) is 6.81. The molecule has 0 aromatic heterocycles. The standard InChI is InChI=1S/C26H43N5O5/c1-17(2)15-21(31-23(33)19(27)16-18-11-7-6-8-12-18)24(34)30-20(22(28)32)13-9-10-14-29-25(35)36-26(3,4)5/h6-8,11-12,17,19-21H,9-10,13-16,27H2,1-5H3,(H2,28,32)(H,29,35)(H,30,34)(H,31,33)/t19-,20-,21-/m0/s1. The lowest BCUT2D eigenvalue weighted by molar-refractivity contribution is -0.132. The highest BCUT2D eigenvalue weighted by Crippen LogP contribution is 2.09. The zero-order chi connectivity index (χ0) is 27.3. The van der Waals surface area contributed by atoms with Crippen LogP contribution in [0.1, 0.15) is 65.9 Å². The Bertz CT molecular complexity index is 854. The van der Waals surface area contributed by atoms with Crippen LogP contribution in [0, 0.1) is 5.92 Å². The molecule has 0 radical (unpaired) electrons. The van der Waals surface area contributed by atoms with E-state index in [2.05, 4.69) is 16.0 Å². The van der Waals surface area contributed by atoms with Gasteiger partial charge in [-0.3, -0.25) is 14.4 Å². The van der Waals surface area contributed by atoms with Gasteiger partial charge in [-0.05, 0) is 64.4 Å². The maximum atomic E-state index is 13.0. The summed E-state index contributed by atoms with van der Waals surface area (Å²) in [5.74, 6) is -1.49. The Morgan fingerprint density at radius 2 is 1.56 bits per heavy atom. The van der Waals surface area contributed by atoms with Gasteiger partial charge in [0, 0.05) is 6.54 Å². The van der Waals surface area contributed by atoms with Gasteiger partial charge in [-0.2, -0.15) is 0 Å². The van der Waals surface area contributed by atoms with E-state index in [0.717, 1.165) is 5.56 Å². The van der Waals surface area contributed by atoms with Gasteiger partial charge in [-0.1, -0.05) is 44.2 Å². The average Bonchev–Trinajstić information content (AvgIpc) is 2.76. The third-order valence-electron chi connectivity index (χ3n) is 5.22. The Balaban J connectivity index is 2.62. The Labute approximate surface area is 214 Å². The molecular weight excluding hydrogens is 462 g/mol. The first-order valence-electron chi connectivity index (χ1n) is 12.4. The SMILES string of the molecule is CC(C)C[C@H](NC(=O)[C@@H](N)Cc1ccccc1)C(=O)N[C@@H](CCCCNC(=O)OC(C)(C)C)C(N)=O. The van der Waals surface area contributed by atoms with Crippen molar-refractivity contribution in [2.24, 2.45) is 17.4 Å². The van der Waals surface area contributed by atoms with Crippen molar-refractivity contribution in [2.75, 3.05) is 6.54 Å². The smallest absolute Gasteiger partial charge is 0.407 e. The van der Waals surface area contributed by atoms with Crippen LogP contribution in [-0.4, -0.2) is 54.1 Å². The fourth-order valence-corrected chi connectivity index (χ4v) is 3.48. The Kier molecular flexibility index (Phi) is 12.9. The Morgan fingerprint density at radius 3 is 2.11 bits per heavy atom. The molecule has 4 amide bonds. The lowest BCUT2D eigenvalue weighted by atomic mass is 10.0. The van der Waals surface area contributed by atoms with Gasteiger partial charge in [0.1, 0.15) is 17.7 Å². The van der Waals surface area contributed by atoms with Gasteiger partial charge in [-0.25, -0.2) is 4.79 Å². The van der Waals surface area contributed by atoms with Crippen molar-refractivity contribution in [1.82, 2.24) is 16.0 Å². The van der Waals surface area contributed by atoms with E-state index in [1.807, 2.05) is 44.2 Å². The molecule has 3 atom stereocenters. The van der Waals surface area contributed by atoms with E-state index in [0.29, 0.717) is 38.6 Å². The highest BCUT2D eigenvalue weighted by molar-refractivity contribution is 5.92. The number of unbranched alkanes of at least 4 members (excludes halogenated alkanes) is 1. The first-order chi connectivity index (χ1) is 16.8. The lowest BCUT2D eigenvalue weighted by Crippen LogP contribution is -2.55. The van der Waals surface area contributed by atoms with Crippen LogP contribution in [0.3, 0.4) is 0 Å². The van der Waals surface area contributed by atoms with E-state index >= 15 is 0 Å². The van der Waals surface area contributed by atoms with E-state index in [1.165, 1.54) is 0 Å². The molecular formula is C26H43N5O5. The zero-order valence-electron chi connectivity index (χ0n) is 22.1. The zero-order valence-corrected chi connectivity index (χ0v) is 22.1. The predicted octanol–water partition coefficient (Wildman–Crippen LogP) is 1.75. The molecule has 7 N–H and O–H groups in total. The van der Waals surface area contributed by atoms with E-state index in [-0.39, 0.29) is 5.92 Å². The highest BCUT2D eigenvalue weighted by atomic mass is 16.6. The average molecular weight is 506 g/mol. The molecule has 1 rings (SSSR count). The molecule has 10 nitrogen and oxygen atoms in total. The lowest BCUT2D eigenvalue weighted by Gasteiger charge is -2.24. The molecule has 10 heteroatoms. The second-order valence-corrected chi connectivity index (χ2v) is 10.4. The molecule has 0 fully saturated rings. The molecule has 0 heterocycles. The molecule has 36 heavy (non-hydrogen) atoms. The van der Waals surface area contributed by atoms with Gasteiger partial charge in [0.2, 0.25) is 17.7 Å². The van der Waals surface area contributed by atoms with E-state index in [9.17, 15) is 19.2 Å². The van der Waals surface area contributed by atoms with E-state index < -0.39 is 47.5 Å². The van der Waals surface area contributed by atoms with Crippen molar-refractivity contribution in [2.45, 2.75) is 90.4 Å². The maximum absolute atomic E-state index is 13.0. The van der Waals surface area contributed by atoms with Gasteiger partial charge >= 0.3 is 6.09 Å². The molecule has 0 spiro atoms. The summed E-state index contributed by atoms with van der Waals surface area (Å²) in [6.07, 6.45) is 1.60. The van der Waals surface area contributed by atoms with E-state index in [1.54, 1.807) is 20.8 Å². The number of hydrogen-bond donors (Lipinski definition) is 5. The second-order valence-electron chi connectivity index (χ2n) is 10.4. The first kappa shape index (κ1) is 30.9. The van der Waals surface area contributed by atoms with Crippen molar-refractivity contribution in [3.63, 3.8) is 0 Å². The minimum absolute atomic E-state index is 0.109. The molecule has 1 aromatic carbocycles. The fourth-order valence-electron chi connectivity index (χ4n) is 3.48. The monoisotopic (exact) mass is 505 g/mol. The van der Waals surface area contributed by atoms with Crippen LogP contribution in [0.15, 0.2) is 30.3 Å². The van der Waals surface area contributed by atoms with Crippen LogP contribution >= 0.6 is 0 Å². The third kappa shape index (κ3) is 13.1. The number of ether oxygens (including phenoxy) is 1. The molecule has 202 valence electrons. The summed E-state index contributed by atoms with van der Waals surface area (Å²) in [5.41, 5.74) is 11.9. The molecule has 0 bridgehead atoms. The van der Waals surface area contributed by atoms with Crippen LogP contribution in [0.5, 0.6) is 0 Å². The number of primary amides is 1. The summed E-state index contributed by atoms with van der Waals surface area (Å²) < 4.78 is 5.17. The number of rotatable bonds is 14. The van der Waals surface area contributed by atoms with Crippen LogP contribution in [0.4, 0.5) is 4.79 Å². The maximum Gasteiger partial charge on any atom is 0.407 e. The largest absolute Gasteiger partial charge is 0.444 e. The highest BCUT2D eigenvalue weighted by Gasteiger charge is 2.28. The normalized spacial score (nSPS) is 13.9. The molecule has 0 saturated heterocycles. The Morgan fingerprint density at radius 1 is 0.944 bits per heavy atom. The van der Waals surface area contributed by atoms with Crippen molar-refractivity contribution in [3.05, 3.63) is 35.9 Å². The van der Waals surface area contributed by atoms with Gasteiger partial charge in [-0.15, -0.1) is 0 Å². The predicted molar refractivity (Wildman–Crippen MR) is 139 cm³/mol. The number of amides is 4. The minimum Gasteiger partial charge on any atom is -0.444 e. The Hall–Kier alpha value is -3.14. The first-order valence-corrected chi connectivity index (χ1v) is 12.4. The van der Waals surface area contributed by atoms with Gasteiger partial charge in [0.05, 0.1) is 6.04 Å². The quantitative estimate of drug-likeness (QED) is 0.242. The van der Waals surface area contributed by atoms with Gasteiger partial charge < -0.3 is 32.2 Å². The summed E-state index contributed by atoms with van der Waals surface area (Å²) >= 11 is 0. The van der Waals surface area contributed by atoms with E-state index in [4.69, 9.17) is 16.2 Å². The summed E-state index contributed by atoms with van der Waals surface area (Å²) in [7, 11) is 0. The molecule has 0 unspecified atom stereocenters. The summed E-state index contributed by atoms with van der Waals surface area (Å²) in [6.45, 7) is 9.55. The van der Waals surface area contributed by atoms with Crippen molar-refractivity contribution >= 4 is 23.8 Å². The molecule has 0 aliphatic carbocycles. The van der Waals surface area contributed by atoms with Crippen molar-refractivity contribution in [3.8, 4) is 0 Å². The van der Waals surface area contributed by atoms with Crippen LogP contribution in [-0.2, 0) is 25.5 Å². The molecule has 0 saturated carbocycles. The summed E-state index contributed by atoms with van der Waals surface area (Å²) in [5, 5.41) is 8.04. The van der Waals surface area contributed by atoms with Gasteiger partial charge in [0.15, 0.2) is 0 Å². The number of benzene rings is 1. The number of carbonyl (C=O) groups is 4. The molecule has 0 aliphatic rings. The second kappa shape index (κ2) is 15.1. The number of hydrogen-bond acceptors (Lipinski definition) is 6. The minimum atomic E-state index is -0.899. The fraction of sp³-hybridized carbons (Fsp3) is 0.615.